The van der Waals surface area contributed by atoms with Gasteiger partial charge in [-0.05, 0) is 70.4 Å². The number of fused-ring (bicyclic) bond motifs is 1. The molecule has 0 saturated heterocycles. The molecule has 0 radical (unpaired) electrons. The topological polar surface area (TPSA) is 171 Å². The Morgan fingerprint density at radius 2 is 1.73 bits per heavy atom. The van der Waals surface area contributed by atoms with Crippen LogP contribution in [0.25, 0.3) is 16.6 Å². The van der Waals surface area contributed by atoms with E-state index in [1.54, 1.807) is 99.4 Å². The van der Waals surface area contributed by atoms with Gasteiger partial charge in [0.2, 0.25) is 0 Å². The molecular formula is C35H38FN5O9S. The summed E-state index contributed by atoms with van der Waals surface area (Å²) >= 11 is 0. The molecule has 14 nitrogen and oxygen atoms in total. The molecule has 5 aromatic rings. The zero-order chi connectivity index (χ0) is 37.5. The van der Waals surface area contributed by atoms with Gasteiger partial charge in [0.05, 0.1) is 43.4 Å². The van der Waals surface area contributed by atoms with Crippen molar-refractivity contribution in [2.75, 3.05) is 39.3 Å². The van der Waals surface area contributed by atoms with Gasteiger partial charge in [-0.3, -0.25) is 33.5 Å². The number of ether oxygens (including phenoxy) is 3. The second-order valence-corrected chi connectivity index (χ2v) is 13.1. The van der Waals surface area contributed by atoms with Gasteiger partial charge in [-0.1, -0.05) is 18.2 Å². The Morgan fingerprint density at radius 3 is 2.35 bits per heavy atom. The zero-order valence-electron chi connectivity index (χ0n) is 28.8. The van der Waals surface area contributed by atoms with E-state index in [9.17, 15) is 22.8 Å². The molecule has 1 atom stereocenters. The molecular weight excluding hydrogens is 685 g/mol. The smallest absolute Gasteiger partial charge is 0.320 e. The average molecular weight is 724 g/mol. The number of hydrogen-bond donors (Lipinski definition) is 2. The van der Waals surface area contributed by atoms with E-state index in [0.717, 1.165) is 6.07 Å². The minimum Gasteiger partial charge on any atom is -0.497 e. The number of carbonyl (C=O) groups is 2. The highest BCUT2D eigenvalue weighted by atomic mass is 32.2. The number of halogens is 1. The summed E-state index contributed by atoms with van der Waals surface area (Å²) in [5.41, 5.74) is 0.915. The zero-order valence-corrected chi connectivity index (χ0v) is 29.6. The number of hydrogen-bond acceptors (Lipinski definition) is 10. The highest BCUT2D eigenvalue weighted by molar-refractivity contribution is 7.85. The van der Waals surface area contributed by atoms with Crippen molar-refractivity contribution in [2.45, 2.75) is 26.5 Å². The van der Waals surface area contributed by atoms with Gasteiger partial charge < -0.3 is 19.5 Å². The molecule has 2 aromatic heterocycles. The number of carbonyl (C=O) groups excluding carboxylic acids is 2. The molecule has 0 aliphatic heterocycles. The molecule has 0 bridgehead atoms. The van der Waals surface area contributed by atoms with Crippen molar-refractivity contribution in [3.05, 3.63) is 106 Å². The Balaban J connectivity index is 0.00000109. The van der Waals surface area contributed by atoms with Crippen LogP contribution < -0.4 is 20.3 Å². The number of pyridine rings is 1. The van der Waals surface area contributed by atoms with Crippen molar-refractivity contribution in [3.63, 3.8) is 0 Å². The van der Waals surface area contributed by atoms with Gasteiger partial charge in [-0.2, -0.15) is 8.42 Å². The summed E-state index contributed by atoms with van der Waals surface area (Å²) in [6.45, 7) is 3.56. The number of para-hydroxylation sites is 1. The van der Waals surface area contributed by atoms with E-state index < -0.39 is 39.5 Å². The van der Waals surface area contributed by atoms with E-state index in [4.69, 9.17) is 18.8 Å². The predicted molar refractivity (Wildman–Crippen MR) is 189 cm³/mol. The standard InChI is InChI=1S/C34H34FN5O6.CH4O3S/c1-21(45-31(41)20-38(3)4)19-39-22(2)32(34(43)40(39)24-9-7-6-8-10-24)33(42)37-23-11-14-30(27(35)17-23)46-29-15-16-36-28-18-25(44-5)12-13-26(28)29;1-5(2,3)4/h6-18,21H,19-20H2,1-5H3,(H,37,42);1H3,(H,2,3,4)/t21-;/m0./s1. The molecule has 1 amide bonds. The number of rotatable bonds is 11. The van der Waals surface area contributed by atoms with Crippen LogP contribution in [0, 0.1) is 12.7 Å². The summed E-state index contributed by atoms with van der Waals surface area (Å²) in [6.07, 6.45) is 1.66. The third-order valence-corrected chi connectivity index (χ3v) is 7.15. The monoisotopic (exact) mass is 723 g/mol. The van der Waals surface area contributed by atoms with Gasteiger partial charge in [0.25, 0.3) is 21.6 Å². The number of aromatic nitrogens is 3. The Bertz CT molecular complexity index is 2190. The maximum absolute atomic E-state index is 15.3. The summed E-state index contributed by atoms with van der Waals surface area (Å²) in [5, 5.41) is 3.30. The first-order chi connectivity index (χ1) is 24.0. The first-order valence-corrected chi connectivity index (χ1v) is 17.3. The molecule has 2 N–H and O–H groups in total. The molecule has 0 fully saturated rings. The van der Waals surface area contributed by atoms with Crippen molar-refractivity contribution in [1.82, 2.24) is 19.2 Å². The van der Waals surface area contributed by atoms with E-state index in [0.29, 0.717) is 40.0 Å². The van der Waals surface area contributed by atoms with E-state index in [1.165, 1.54) is 16.8 Å². The van der Waals surface area contributed by atoms with Gasteiger partial charge in [-0.25, -0.2) is 9.07 Å². The molecule has 0 aliphatic rings. The third kappa shape index (κ3) is 10.2. The first-order valence-electron chi connectivity index (χ1n) is 15.4. The lowest BCUT2D eigenvalue weighted by Crippen LogP contribution is -2.31. The van der Waals surface area contributed by atoms with E-state index >= 15 is 4.39 Å². The van der Waals surface area contributed by atoms with Crippen molar-refractivity contribution < 1.29 is 41.2 Å². The minimum atomic E-state index is -3.67. The van der Waals surface area contributed by atoms with Crippen LogP contribution in [-0.4, -0.2) is 84.2 Å². The molecule has 51 heavy (non-hydrogen) atoms. The van der Waals surface area contributed by atoms with Crippen LogP contribution in [0.1, 0.15) is 23.0 Å². The van der Waals surface area contributed by atoms with E-state index in [1.807, 2.05) is 6.07 Å². The van der Waals surface area contributed by atoms with Crippen LogP contribution >= 0.6 is 0 Å². The second-order valence-electron chi connectivity index (χ2n) is 11.7. The van der Waals surface area contributed by atoms with Crippen LogP contribution in [0.4, 0.5) is 10.1 Å². The van der Waals surface area contributed by atoms with Crippen molar-refractivity contribution >= 4 is 38.6 Å². The Morgan fingerprint density at radius 1 is 1.04 bits per heavy atom. The van der Waals surface area contributed by atoms with Gasteiger partial charge in [0, 0.05) is 29.4 Å². The number of nitrogens with zero attached hydrogens (tertiary/aromatic N) is 4. The lowest BCUT2D eigenvalue weighted by Gasteiger charge is -2.19. The van der Waals surface area contributed by atoms with Crippen molar-refractivity contribution in [1.29, 1.82) is 0 Å². The van der Waals surface area contributed by atoms with Gasteiger partial charge in [-0.15, -0.1) is 0 Å². The predicted octanol–water partition coefficient (Wildman–Crippen LogP) is 4.69. The maximum Gasteiger partial charge on any atom is 0.320 e. The highest BCUT2D eigenvalue weighted by Gasteiger charge is 2.26. The summed E-state index contributed by atoms with van der Waals surface area (Å²) in [5.74, 6) is -0.898. The fourth-order valence-electron chi connectivity index (χ4n) is 5.05. The number of likely N-dealkylation sites (N-methyl/N-ethyl adjacent to an activating group) is 1. The fraction of sp³-hybridized carbons (Fsp3) is 0.257. The Labute approximate surface area is 293 Å². The SMILES string of the molecule is COc1ccc2c(Oc3ccc(NC(=O)c4c(C)n(C[C@H](C)OC(=O)CN(C)C)n(-c5ccccc5)c4=O)cc3F)ccnc2c1.CS(=O)(=O)O. The van der Waals surface area contributed by atoms with E-state index in [-0.39, 0.29) is 30.1 Å². The second kappa shape index (κ2) is 16.4. The number of nitrogens with one attached hydrogen (secondary N) is 1. The fourth-order valence-corrected chi connectivity index (χ4v) is 5.05. The van der Waals surface area contributed by atoms with Crippen LogP contribution in [0.2, 0.25) is 0 Å². The number of esters is 1. The number of methoxy groups -OCH3 is 1. The third-order valence-electron chi connectivity index (χ3n) is 7.15. The lowest BCUT2D eigenvalue weighted by atomic mass is 10.2. The molecule has 0 saturated carbocycles. The largest absolute Gasteiger partial charge is 0.497 e. The molecule has 0 aliphatic carbocycles. The summed E-state index contributed by atoms with van der Waals surface area (Å²) in [6, 6.07) is 19.7. The van der Waals surface area contributed by atoms with E-state index in [2.05, 4.69) is 10.3 Å². The quantitative estimate of drug-likeness (QED) is 0.143. The number of anilines is 1. The normalized spacial score (nSPS) is 11.8. The minimum absolute atomic E-state index is 0.0621. The molecule has 3 aromatic carbocycles. The molecule has 270 valence electrons. The number of benzene rings is 3. The molecule has 0 unspecified atom stereocenters. The Kier molecular flexibility index (Phi) is 12.3. The van der Waals surface area contributed by atoms with Crippen LogP contribution in [0.5, 0.6) is 17.2 Å². The molecule has 0 spiro atoms. The molecule has 2 heterocycles. The van der Waals surface area contributed by atoms with Gasteiger partial charge in [0.1, 0.15) is 23.2 Å². The first kappa shape index (κ1) is 38.2. The Hall–Kier alpha value is -5.58. The van der Waals surface area contributed by atoms with Crippen molar-refractivity contribution in [2.24, 2.45) is 0 Å². The molecule has 5 rings (SSSR count). The number of amides is 1. The van der Waals surface area contributed by atoms with Gasteiger partial charge >= 0.3 is 5.97 Å². The molecule has 16 heteroatoms. The van der Waals surface area contributed by atoms with Crippen LogP contribution in [0.15, 0.2) is 83.8 Å². The van der Waals surface area contributed by atoms with Crippen LogP contribution in [0.3, 0.4) is 0 Å². The van der Waals surface area contributed by atoms with Gasteiger partial charge in [0.15, 0.2) is 11.6 Å². The highest BCUT2D eigenvalue weighted by Crippen LogP contribution is 2.33. The van der Waals surface area contributed by atoms with Crippen molar-refractivity contribution in [3.8, 4) is 22.9 Å². The maximum atomic E-state index is 15.3. The summed E-state index contributed by atoms with van der Waals surface area (Å²) in [4.78, 5) is 45.5. The summed E-state index contributed by atoms with van der Waals surface area (Å²) in [7, 11) is 1.40. The summed E-state index contributed by atoms with van der Waals surface area (Å²) < 4.78 is 60.7. The van der Waals surface area contributed by atoms with Crippen LogP contribution in [-0.2, 0) is 26.2 Å². The lowest BCUT2D eigenvalue weighted by molar-refractivity contribution is -0.149. The average Bonchev–Trinajstić information content (AvgIpc) is 3.29.